The summed E-state index contributed by atoms with van der Waals surface area (Å²) in [5, 5.41) is 4.53. The molecule has 1 amide bonds. The Balaban J connectivity index is 1.75. The number of para-hydroxylation sites is 2. The van der Waals surface area contributed by atoms with Crippen molar-refractivity contribution in [2.45, 2.75) is 32.9 Å². The minimum absolute atomic E-state index is 0.0242. The van der Waals surface area contributed by atoms with Gasteiger partial charge >= 0.3 is 10.8 Å². The van der Waals surface area contributed by atoms with Gasteiger partial charge in [-0.1, -0.05) is 53.8 Å². The molecule has 3 aromatic rings. The number of anilines is 1. The van der Waals surface area contributed by atoms with Gasteiger partial charge in [0.2, 0.25) is 6.10 Å². The van der Waals surface area contributed by atoms with Gasteiger partial charge in [0, 0.05) is 23.2 Å². The number of nitrogens with zero attached hydrogens (tertiary/aromatic N) is 1. The Morgan fingerprint density at radius 3 is 2.48 bits per heavy atom. The van der Waals surface area contributed by atoms with Crippen molar-refractivity contribution in [3.63, 3.8) is 0 Å². The largest absolute Gasteiger partial charge is 0.492 e. The van der Waals surface area contributed by atoms with E-state index in [0.717, 1.165) is 17.0 Å². The van der Waals surface area contributed by atoms with Crippen LogP contribution in [-0.4, -0.2) is 23.1 Å². The van der Waals surface area contributed by atoms with E-state index in [4.69, 9.17) is 9.47 Å². The molecule has 0 spiro atoms. The second-order valence-electron chi connectivity index (χ2n) is 6.74. The highest BCUT2D eigenvalue weighted by molar-refractivity contribution is 7.07. The van der Waals surface area contributed by atoms with Crippen LogP contribution in [0.25, 0.3) is 0 Å². The number of aromatic nitrogens is 1. The van der Waals surface area contributed by atoms with E-state index in [2.05, 4.69) is 5.32 Å². The highest BCUT2D eigenvalue weighted by atomic mass is 32.1. The summed E-state index contributed by atoms with van der Waals surface area (Å²) in [6.45, 7) is 4.31. The van der Waals surface area contributed by atoms with Gasteiger partial charge < -0.3 is 19.4 Å². The maximum atomic E-state index is 13.0. The first-order valence-electron chi connectivity index (χ1n) is 9.91. The molecule has 7 nitrogen and oxygen atoms in total. The van der Waals surface area contributed by atoms with E-state index in [0.29, 0.717) is 23.6 Å². The molecule has 0 aliphatic carbocycles. The third-order valence-corrected chi connectivity index (χ3v) is 5.43. The molecule has 1 N–H and O–H groups in total. The van der Waals surface area contributed by atoms with Gasteiger partial charge in [0.1, 0.15) is 5.75 Å². The average molecular weight is 441 g/mol. The van der Waals surface area contributed by atoms with Crippen LogP contribution in [0.5, 0.6) is 5.75 Å². The van der Waals surface area contributed by atoms with Crippen LogP contribution >= 0.6 is 11.3 Å². The van der Waals surface area contributed by atoms with Crippen molar-refractivity contribution in [1.82, 2.24) is 4.57 Å². The van der Waals surface area contributed by atoms with Crippen LogP contribution < -0.4 is 14.9 Å². The number of carbonyl (C=O) groups excluding carboxylic acids is 2. The first-order valence-corrected chi connectivity index (χ1v) is 10.8. The molecule has 0 saturated carbocycles. The lowest BCUT2D eigenvalue weighted by Crippen LogP contribution is -2.27. The van der Waals surface area contributed by atoms with E-state index < -0.39 is 18.0 Å². The normalized spacial score (nSPS) is 11.5. The molecule has 8 heteroatoms. The summed E-state index contributed by atoms with van der Waals surface area (Å²) < 4.78 is 12.6. The molecule has 0 aliphatic rings. The molecule has 31 heavy (non-hydrogen) atoms. The Hall–Kier alpha value is -3.39. The maximum absolute atomic E-state index is 13.0. The van der Waals surface area contributed by atoms with E-state index >= 15 is 0 Å². The third kappa shape index (κ3) is 5.82. The number of hydrogen-bond acceptors (Lipinski definition) is 6. The van der Waals surface area contributed by atoms with E-state index in [1.165, 1.54) is 4.57 Å². The van der Waals surface area contributed by atoms with Crippen LogP contribution in [0.2, 0.25) is 0 Å². The zero-order chi connectivity index (χ0) is 22.2. The molecule has 1 heterocycles. The summed E-state index contributed by atoms with van der Waals surface area (Å²) in [5.41, 5.74) is 1.82. The number of ether oxygens (including phenoxy) is 2. The Labute approximate surface area is 184 Å². The fourth-order valence-electron chi connectivity index (χ4n) is 3.02. The molecule has 3 rings (SSSR count). The van der Waals surface area contributed by atoms with Crippen molar-refractivity contribution in [1.29, 1.82) is 0 Å². The van der Waals surface area contributed by atoms with Crippen LogP contribution in [0, 0.1) is 6.92 Å². The first kappa shape index (κ1) is 22.3. The predicted molar refractivity (Wildman–Crippen MR) is 119 cm³/mol. The Kier molecular flexibility index (Phi) is 7.61. The predicted octanol–water partition coefficient (Wildman–Crippen LogP) is 3.93. The van der Waals surface area contributed by atoms with Gasteiger partial charge in [0.05, 0.1) is 18.7 Å². The number of hydrogen-bond donors (Lipinski definition) is 1. The molecule has 162 valence electrons. The summed E-state index contributed by atoms with van der Waals surface area (Å²) in [4.78, 5) is 37.3. The van der Waals surface area contributed by atoms with E-state index in [-0.39, 0.29) is 17.8 Å². The van der Waals surface area contributed by atoms with Gasteiger partial charge in [-0.05, 0) is 26.0 Å². The zero-order valence-corrected chi connectivity index (χ0v) is 18.2. The van der Waals surface area contributed by atoms with Crippen molar-refractivity contribution in [2.75, 3.05) is 11.9 Å². The molecule has 1 atom stereocenters. The molecule has 0 bridgehead atoms. The fourth-order valence-corrected chi connectivity index (χ4v) is 3.78. The average Bonchev–Trinajstić information content (AvgIpc) is 3.10. The van der Waals surface area contributed by atoms with E-state index in [1.807, 2.05) is 19.1 Å². The van der Waals surface area contributed by atoms with Gasteiger partial charge in [-0.3, -0.25) is 14.4 Å². The van der Waals surface area contributed by atoms with Gasteiger partial charge in [0.15, 0.2) is 0 Å². The lowest BCUT2D eigenvalue weighted by Gasteiger charge is -2.19. The van der Waals surface area contributed by atoms with Crippen molar-refractivity contribution in [2.24, 2.45) is 0 Å². The standard InChI is InChI=1S/C23H24N2O5S/c1-3-29-19-12-8-7-11-18(19)24-22(27)21(17-9-5-4-6-10-17)30-20(26)13-14-25-16(2)15-31-23(25)28/h4-12,15,21H,3,13-14H2,1-2H3,(H,24,27). The number of rotatable bonds is 9. The monoisotopic (exact) mass is 440 g/mol. The minimum atomic E-state index is -1.14. The summed E-state index contributed by atoms with van der Waals surface area (Å²) in [7, 11) is 0. The number of nitrogens with one attached hydrogen (secondary N) is 1. The summed E-state index contributed by atoms with van der Waals surface area (Å²) in [5.74, 6) is -0.529. The lowest BCUT2D eigenvalue weighted by atomic mass is 10.1. The summed E-state index contributed by atoms with van der Waals surface area (Å²) in [6, 6.07) is 15.9. The Morgan fingerprint density at radius 2 is 1.81 bits per heavy atom. The SMILES string of the molecule is CCOc1ccccc1NC(=O)C(OC(=O)CCn1c(C)csc1=O)c1ccccc1. The molecular weight excluding hydrogens is 416 g/mol. The summed E-state index contributed by atoms with van der Waals surface area (Å²) >= 11 is 1.08. The molecule has 2 aromatic carbocycles. The van der Waals surface area contributed by atoms with Crippen LogP contribution in [0.4, 0.5) is 5.69 Å². The van der Waals surface area contributed by atoms with E-state index in [1.54, 1.807) is 54.8 Å². The number of aryl methyl sites for hydroxylation is 1. The van der Waals surface area contributed by atoms with Crippen molar-refractivity contribution in [3.8, 4) is 5.75 Å². The van der Waals surface area contributed by atoms with Crippen LogP contribution in [0.3, 0.4) is 0 Å². The number of amides is 1. The molecule has 0 radical (unpaired) electrons. The maximum Gasteiger partial charge on any atom is 0.308 e. The minimum Gasteiger partial charge on any atom is -0.492 e. The Bertz CT molecular complexity index is 1090. The van der Waals surface area contributed by atoms with Crippen LogP contribution in [0.1, 0.15) is 30.7 Å². The number of benzene rings is 2. The van der Waals surface area contributed by atoms with Gasteiger partial charge in [-0.15, -0.1) is 0 Å². The highest BCUT2D eigenvalue weighted by Crippen LogP contribution is 2.27. The smallest absolute Gasteiger partial charge is 0.308 e. The van der Waals surface area contributed by atoms with Crippen molar-refractivity contribution in [3.05, 3.63) is 80.9 Å². The number of thiazole rings is 1. The molecule has 1 aromatic heterocycles. The lowest BCUT2D eigenvalue weighted by molar-refractivity contribution is -0.155. The molecule has 0 fully saturated rings. The quantitative estimate of drug-likeness (QED) is 0.510. The number of carbonyl (C=O) groups is 2. The summed E-state index contributed by atoms with van der Waals surface area (Å²) in [6.07, 6.45) is -1.16. The zero-order valence-electron chi connectivity index (χ0n) is 17.4. The molecule has 0 saturated heterocycles. The second kappa shape index (κ2) is 10.6. The van der Waals surface area contributed by atoms with Crippen LogP contribution in [-0.2, 0) is 20.9 Å². The van der Waals surface area contributed by atoms with Crippen molar-refractivity contribution < 1.29 is 19.1 Å². The van der Waals surface area contributed by atoms with Gasteiger partial charge in [-0.2, -0.15) is 0 Å². The van der Waals surface area contributed by atoms with Gasteiger partial charge in [0.25, 0.3) is 5.91 Å². The van der Waals surface area contributed by atoms with E-state index in [9.17, 15) is 14.4 Å². The first-order chi connectivity index (χ1) is 15.0. The number of esters is 1. The Morgan fingerprint density at radius 1 is 1.10 bits per heavy atom. The fraction of sp³-hybridized carbons (Fsp3) is 0.261. The third-order valence-electron chi connectivity index (χ3n) is 4.55. The van der Waals surface area contributed by atoms with Crippen LogP contribution in [0.15, 0.2) is 64.8 Å². The molecule has 1 unspecified atom stereocenters. The van der Waals surface area contributed by atoms with Crippen molar-refractivity contribution >= 4 is 28.9 Å². The second-order valence-corrected chi connectivity index (χ2v) is 7.56. The molecule has 0 aliphatic heterocycles. The molecular formula is C23H24N2O5S. The topological polar surface area (TPSA) is 86.6 Å². The van der Waals surface area contributed by atoms with Gasteiger partial charge in [-0.25, -0.2) is 0 Å². The highest BCUT2D eigenvalue weighted by Gasteiger charge is 2.26.